The molecule has 1 aromatic heterocycles. The van der Waals surface area contributed by atoms with Crippen LogP contribution in [0.15, 0.2) is 36.5 Å². The van der Waals surface area contributed by atoms with Gasteiger partial charge in [0.15, 0.2) is 11.5 Å². The summed E-state index contributed by atoms with van der Waals surface area (Å²) < 4.78 is 10.4. The van der Waals surface area contributed by atoms with Gasteiger partial charge >= 0.3 is 0 Å². The maximum absolute atomic E-state index is 12.4. The molecule has 2 N–H and O–H groups in total. The number of nitrogens with zero attached hydrogens (tertiary/aromatic N) is 1. The van der Waals surface area contributed by atoms with Crippen molar-refractivity contribution in [2.45, 2.75) is 31.7 Å². The van der Waals surface area contributed by atoms with Crippen LogP contribution in [0.25, 0.3) is 0 Å². The number of rotatable bonds is 6. The Balaban J connectivity index is 1.64. The van der Waals surface area contributed by atoms with Crippen LogP contribution >= 0.6 is 0 Å². The largest absolute Gasteiger partial charge is 0.493 e. The number of carbonyl (C=O) groups excluding carboxylic acids is 1. The molecule has 25 heavy (non-hydrogen) atoms. The van der Waals surface area contributed by atoms with E-state index < -0.39 is 0 Å². The molecule has 0 bridgehead atoms. The Morgan fingerprint density at radius 2 is 1.84 bits per heavy atom. The van der Waals surface area contributed by atoms with Gasteiger partial charge in [-0.05, 0) is 43.2 Å². The monoisotopic (exact) mass is 341 g/mol. The lowest BCUT2D eigenvalue weighted by Crippen LogP contribution is -2.15. The molecule has 3 rings (SSSR count). The molecule has 0 spiro atoms. The lowest BCUT2D eigenvalue weighted by Gasteiger charge is -2.13. The molecule has 1 aliphatic rings. The maximum Gasteiger partial charge on any atom is 0.256 e. The Bertz CT molecular complexity index is 725. The lowest BCUT2D eigenvalue weighted by atomic mass is 10.2. The predicted octanol–water partition coefficient (Wildman–Crippen LogP) is 3.71. The zero-order valence-corrected chi connectivity index (χ0v) is 14.5. The van der Waals surface area contributed by atoms with E-state index in [0.29, 0.717) is 28.9 Å². The molecular formula is C19H23N3O3. The number of hydrogen-bond acceptors (Lipinski definition) is 5. The zero-order chi connectivity index (χ0) is 17.6. The van der Waals surface area contributed by atoms with E-state index in [2.05, 4.69) is 15.6 Å². The molecule has 6 heteroatoms. The van der Waals surface area contributed by atoms with Gasteiger partial charge in [-0.2, -0.15) is 0 Å². The quantitative estimate of drug-likeness (QED) is 0.838. The number of carbonyl (C=O) groups is 1. The third-order valence-corrected chi connectivity index (χ3v) is 4.38. The number of pyridine rings is 1. The molecule has 0 atom stereocenters. The third-order valence-electron chi connectivity index (χ3n) is 4.38. The van der Waals surface area contributed by atoms with Gasteiger partial charge in [-0.15, -0.1) is 0 Å². The number of benzene rings is 1. The molecule has 0 saturated heterocycles. The summed E-state index contributed by atoms with van der Waals surface area (Å²) in [4.78, 5) is 16.7. The SMILES string of the molecule is COc1ccc(C(=O)Nc2ccc(NC3CCCC3)cn2)cc1OC. The number of ether oxygens (including phenoxy) is 2. The van der Waals surface area contributed by atoms with Crippen molar-refractivity contribution in [2.24, 2.45) is 0 Å². The molecule has 1 aromatic carbocycles. The van der Waals surface area contributed by atoms with Crippen molar-refractivity contribution in [1.82, 2.24) is 4.98 Å². The van der Waals surface area contributed by atoms with Crippen LogP contribution in [0.2, 0.25) is 0 Å². The number of nitrogens with one attached hydrogen (secondary N) is 2. The molecule has 1 heterocycles. The zero-order valence-electron chi connectivity index (χ0n) is 14.5. The van der Waals surface area contributed by atoms with E-state index in [1.165, 1.54) is 32.8 Å². The highest BCUT2D eigenvalue weighted by molar-refractivity contribution is 6.04. The Morgan fingerprint density at radius 1 is 1.08 bits per heavy atom. The number of amides is 1. The van der Waals surface area contributed by atoms with Crippen LogP contribution in [0.4, 0.5) is 11.5 Å². The summed E-state index contributed by atoms with van der Waals surface area (Å²) in [7, 11) is 3.10. The fraction of sp³-hybridized carbons (Fsp3) is 0.368. The molecule has 0 aliphatic heterocycles. The average Bonchev–Trinajstić information content (AvgIpc) is 3.15. The van der Waals surface area contributed by atoms with E-state index in [1.54, 1.807) is 37.6 Å². The molecule has 1 amide bonds. The molecule has 132 valence electrons. The normalized spacial score (nSPS) is 14.2. The van der Waals surface area contributed by atoms with E-state index in [4.69, 9.17) is 9.47 Å². The highest BCUT2D eigenvalue weighted by Gasteiger charge is 2.15. The van der Waals surface area contributed by atoms with Crippen LogP contribution < -0.4 is 20.1 Å². The summed E-state index contributed by atoms with van der Waals surface area (Å²) >= 11 is 0. The Hall–Kier alpha value is -2.76. The number of anilines is 2. The molecule has 1 aliphatic carbocycles. The summed E-state index contributed by atoms with van der Waals surface area (Å²) in [6.07, 6.45) is 6.73. The summed E-state index contributed by atoms with van der Waals surface area (Å²) in [5.74, 6) is 1.36. The van der Waals surface area contributed by atoms with Gasteiger partial charge in [0.05, 0.1) is 26.1 Å². The van der Waals surface area contributed by atoms with Gasteiger partial charge in [0.25, 0.3) is 5.91 Å². The summed E-state index contributed by atoms with van der Waals surface area (Å²) in [6, 6.07) is 9.31. The lowest BCUT2D eigenvalue weighted by molar-refractivity contribution is 0.102. The Morgan fingerprint density at radius 3 is 2.48 bits per heavy atom. The topological polar surface area (TPSA) is 72.5 Å². The van der Waals surface area contributed by atoms with Crippen LogP contribution in [0.1, 0.15) is 36.0 Å². The van der Waals surface area contributed by atoms with Gasteiger partial charge in [0.1, 0.15) is 5.82 Å². The van der Waals surface area contributed by atoms with Gasteiger partial charge in [-0.1, -0.05) is 12.8 Å². The van der Waals surface area contributed by atoms with Crippen molar-refractivity contribution in [2.75, 3.05) is 24.9 Å². The van der Waals surface area contributed by atoms with Crippen LogP contribution in [-0.4, -0.2) is 31.2 Å². The second-order valence-corrected chi connectivity index (χ2v) is 6.08. The van der Waals surface area contributed by atoms with Crippen LogP contribution in [-0.2, 0) is 0 Å². The molecule has 1 fully saturated rings. The minimum absolute atomic E-state index is 0.245. The van der Waals surface area contributed by atoms with E-state index in [0.717, 1.165) is 5.69 Å². The second kappa shape index (κ2) is 7.88. The van der Waals surface area contributed by atoms with Crippen molar-refractivity contribution in [1.29, 1.82) is 0 Å². The highest BCUT2D eigenvalue weighted by Crippen LogP contribution is 2.28. The minimum atomic E-state index is -0.245. The molecule has 6 nitrogen and oxygen atoms in total. The fourth-order valence-corrected chi connectivity index (χ4v) is 3.02. The van der Waals surface area contributed by atoms with Crippen molar-refractivity contribution >= 4 is 17.4 Å². The van der Waals surface area contributed by atoms with E-state index in [-0.39, 0.29) is 5.91 Å². The Labute approximate surface area is 147 Å². The van der Waals surface area contributed by atoms with E-state index in [9.17, 15) is 4.79 Å². The molecule has 0 radical (unpaired) electrons. The molecular weight excluding hydrogens is 318 g/mol. The highest BCUT2D eigenvalue weighted by atomic mass is 16.5. The van der Waals surface area contributed by atoms with Crippen LogP contribution in [0, 0.1) is 0 Å². The summed E-state index contributed by atoms with van der Waals surface area (Å²) in [5, 5.41) is 6.27. The first kappa shape index (κ1) is 17.1. The first-order chi connectivity index (χ1) is 12.2. The van der Waals surface area contributed by atoms with Crippen molar-refractivity contribution in [3.63, 3.8) is 0 Å². The van der Waals surface area contributed by atoms with Crippen LogP contribution in [0.5, 0.6) is 11.5 Å². The smallest absolute Gasteiger partial charge is 0.256 e. The fourth-order valence-electron chi connectivity index (χ4n) is 3.02. The second-order valence-electron chi connectivity index (χ2n) is 6.08. The van der Waals surface area contributed by atoms with Crippen molar-refractivity contribution in [3.05, 3.63) is 42.1 Å². The molecule has 0 unspecified atom stereocenters. The average molecular weight is 341 g/mol. The third kappa shape index (κ3) is 4.21. The first-order valence-electron chi connectivity index (χ1n) is 8.45. The Kier molecular flexibility index (Phi) is 5.38. The predicted molar refractivity (Wildman–Crippen MR) is 97.6 cm³/mol. The molecule has 1 saturated carbocycles. The van der Waals surface area contributed by atoms with Gasteiger partial charge in [0, 0.05) is 11.6 Å². The van der Waals surface area contributed by atoms with Crippen molar-refractivity contribution < 1.29 is 14.3 Å². The standard InChI is InChI=1S/C19H23N3O3/c1-24-16-9-7-13(11-17(16)25-2)19(23)22-18-10-8-15(12-20-18)21-14-5-3-4-6-14/h7-12,14,21H,3-6H2,1-2H3,(H,20,22,23). The van der Waals surface area contributed by atoms with Gasteiger partial charge in [0.2, 0.25) is 0 Å². The minimum Gasteiger partial charge on any atom is -0.493 e. The van der Waals surface area contributed by atoms with Gasteiger partial charge in [-0.25, -0.2) is 4.98 Å². The van der Waals surface area contributed by atoms with Crippen molar-refractivity contribution in [3.8, 4) is 11.5 Å². The number of aromatic nitrogens is 1. The maximum atomic E-state index is 12.4. The van der Waals surface area contributed by atoms with Crippen LogP contribution in [0.3, 0.4) is 0 Å². The number of methoxy groups -OCH3 is 2. The number of hydrogen-bond donors (Lipinski definition) is 2. The molecule has 2 aromatic rings. The van der Waals surface area contributed by atoms with E-state index >= 15 is 0 Å². The van der Waals surface area contributed by atoms with Gasteiger partial charge < -0.3 is 20.1 Å². The summed E-state index contributed by atoms with van der Waals surface area (Å²) in [6.45, 7) is 0. The van der Waals surface area contributed by atoms with E-state index in [1.807, 2.05) is 6.07 Å². The van der Waals surface area contributed by atoms with Gasteiger partial charge in [-0.3, -0.25) is 4.79 Å². The summed E-state index contributed by atoms with van der Waals surface area (Å²) in [5.41, 5.74) is 1.46. The first-order valence-corrected chi connectivity index (χ1v) is 8.45.